The number of carbonyl (C=O) groups excluding carboxylic acids is 1. The van der Waals surface area contributed by atoms with Gasteiger partial charge in [0.15, 0.2) is 0 Å². The van der Waals surface area contributed by atoms with E-state index < -0.39 is 0 Å². The van der Waals surface area contributed by atoms with Gasteiger partial charge in [0.2, 0.25) is 17.7 Å². The number of anilines is 1. The number of nitrogens with two attached hydrogens (primary N) is 1. The minimum atomic E-state index is -0.235. The molecule has 1 aromatic heterocycles. The first-order valence-corrected chi connectivity index (χ1v) is 8.14. The largest absolute Gasteiger partial charge is 0.481 e. The van der Waals surface area contributed by atoms with Gasteiger partial charge in [0, 0.05) is 31.5 Å². The Balaban J connectivity index is 1.64. The van der Waals surface area contributed by atoms with Gasteiger partial charge in [-0.25, -0.2) is 4.98 Å². The summed E-state index contributed by atoms with van der Waals surface area (Å²) in [5.41, 5.74) is 6.39. The minimum absolute atomic E-state index is 0.0254. The van der Waals surface area contributed by atoms with Crippen molar-refractivity contribution in [2.75, 3.05) is 31.7 Å². The molecule has 2 aliphatic rings. The van der Waals surface area contributed by atoms with Crippen molar-refractivity contribution in [1.29, 1.82) is 0 Å². The van der Waals surface area contributed by atoms with Crippen molar-refractivity contribution in [3.8, 4) is 5.88 Å². The van der Waals surface area contributed by atoms with E-state index in [0.29, 0.717) is 24.4 Å². The number of aromatic nitrogens is 2. The van der Waals surface area contributed by atoms with Crippen LogP contribution < -0.4 is 15.4 Å². The summed E-state index contributed by atoms with van der Waals surface area (Å²) in [4.78, 5) is 22.6. The van der Waals surface area contributed by atoms with Crippen LogP contribution in [-0.4, -0.2) is 48.8 Å². The van der Waals surface area contributed by atoms with Crippen LogP contribution in [0.15, 0.2) is 6.07 Å². The van der Waals surface area contributed by atoms with Crippen molar-refractivity contribution in [1.82, 2.24) is 9.97 Å². The summed E-state index contributed by atoms with van der Waals surface area (Å²) in [5, 5.41) is 0. The number of primary amides is 1. The molecular weight excluding hydrogens is 296 g/mol. The lowest BCUT2D eigenvalue weighted by Gasteiger charge is -2.35. The summed E-state index contributed by atoms with van der Waals surface area (Å²) in [5.74, 6) is 1.29. The van der Waals surface area contributed by atoms with Gasteiger partial charge in [0.05, 0.1) is 19.1 Å². The molecule has 7 heteroatoms. The molecular formula is C16H24N4O3. The van der Waals surface area contributed by atoms with E-state index in [-0.39, 0.29) is 17.9 Å². The Morgan fingerprint density at radius 2 is 2.09 bits per heavy atom. The number of piperidine rings is 1. The fraction of sp³-hybridized carbons (Fsp3) is 0.688. The Hall–Kier alpha value is -1.89. The van der Waals surface area contributed by atoms with E-state index in [1.807, 2.05) is 13.0 Å². The maximum absolute atomic E-state index is 11.5. The summed E-state index contributed by atoms with van der Waals surface area (Å²) < 4.78 is 11.0. The van der Waals surface area contributed by atoms with E-state index in [0.717, 1.165) is 38.0 Å². The van der Waals surface area contributed by atoms with Gasteiger partial charge in [-0.05, 0) is 32.1 Å². The SMILES string of the molecule is COc1cc(C)nc(N2CCC([C@H]3OCC[C@@H]3C(N)=O)CC2)n1. The van der Waals surface area contributed by atoms with Gasteiger partial charge < -0.3 is 20.1 Å². The number of ether oxygens (including phenoxy) is 2. The third-order valence-corrected chi connectivity index (χ3v) is 4.82. The normalized spacial score (nSPS) is 25.6. The maximum Gasteiger partial charge on any atom is 0.228 e. The lowest BCUT2D eigenvalue weighted by molar-refractivity contribution is -0.124. The van der Waals surface area contributed by atoms with Crippen LogP contribution in [0, 0.1) is 18.8 Å². The van der Waals surface area contributed by atoms with Gasteiger partial charge in [-0.15, -0.1) is 0 Å². The molecule has 2 saturated heterocycles. The third-order valence-electron chi connectivity index (χ3n) is 4.82. The highest BCUT2D eigenvalue weighted by Crippen LogP contribution is 2.33. The molecule has 3 rings (SSSR count). The van der Waals surface area contributed by atoms with Crippen LogP contribution in [0.4, 0.5) is 5.95 Å². The molecule has 0 bridgehead atoms. The highest BCUT2D eigenvalue weighted by molar-refractivity contribution is 5.77. The molecule has 0 spiro atoms. The molecule has 0 aromatic carbocycles. The number of methoxy groups -OCH3 is 1. The van der Waals surface area contributed by atoms with Crippen molar-refractivity contribution in [2.24, 2.45) is 17.6 Å². The van der Waals surface area contributed by atoms with Gasteiger partial charge in [-0.2, -0.15) is 4.98 Å². The van der Waals surface area contributed by atoms with Crippen LogP contribution >= 0.6 is 0 Å². The van der Waals surface area contributed by atoms with Gasteiger partial charge in [0.25, 0.3) is 0 Å². The fourth-order valence-corrected chi connectivity index (χ4v) is 3.58. The van der Waals surface area contributed by atoms with Gasteiger partial charge in [0.1, 0.15) is 0 Å². The lowest BCUT2D eigenvalue weighted by Crippen LogP contribution is -2.42. The van der Waals surface area contributed by atoms with Gasteiger partial charge >= 0.3 is 0 Å². The summed E-state index contributed by atoms with van der Waals surface area (Å²) >= 11 is 0. The monoisotopic (exact) mass is 320 g/mol. The number of hydrogen-bond acceptors (Lipinski definition) is 6. The standard InChI is InChI=1S/C16H24N4O3/c1-10-9-13(22-2)19-16(18-10)20-6-3-11(4-7-20)14-12(15(17)21)5-8-23-14/h9,11-12,14H,3-8H2,1-2H3,(H2,17,21)/t12-,14+/m0/s1. The van der Waals surface area contributed by atoms with Crippen LogP contribution in [0.25, 0.3) is 0 Å². The average Bonchev–Trinajstić information content (AvgIpc) is 3.04. The molecule has 3 heterocycles. The first kappa shape index (κ1) is 16.0. The molecule has 1 amide bonds. The fourth-order valence-electron chi connectivity index (χ4n) is 3.58. The topological polar surface area (TPSA) is 90.6 Å². The van der Waals surface area contributed by atoms with Crippen molar-refractivity contribution in [2.45, 2.75) is 32.3 Å². The van der Waals surface area contributed by atoms with Crippen LogP contribution in [0.5, 0.6) is 5.88 Å². The average molecular weight is 320 g/mol. The zero-order valence-electron chi connectivity index (χ0n) is 13.7. The Labute approximate surface area is 136 Å². The Kier molecular flexibility index (Phi) is 4.66. The third kappa shape index (κ3) is 3.39. The molecule has 0 radical (unpaired) electrons. The minimum Gasteiger partial charge on any atom is -0.481 e. The smallest absolute Gasteiger partial charge is 0.228 e. The molecule has 2 N–H and O–H groups in total. The van der Waals surface area contributed by atoms with Gasteiger partial charge in [-0.1, -0.05) is 0 Å². The van der Waals surface area contributed by atoms with Crippen molar-refractivity contribution in [3.05, 3.63) is 11.8 Å². The van der Waals surface area contributed by atoms with E-state index >= 15 is 0 Å². The van der Waals surface area contributed by atoms with E-state index in [1.165, 1.54) is 0 Å². The van der Waals surface area contributed by atoms with Crippen molar-refractivity contribution >= 4 is 11.9 Å². The summed E-state index contributed by atoms with van der Waals surface area (Å²) in [6.45, 7) is 4.27. The predicted molar refractivity (Wildman–Crippen MR) is 85.3 cm³/mol. The van der Waals surface area contributed by atoms with Gasteiger partial charge in [-0.3, -0.25) is 4.79 Å². The second-order valence-corrected chi connectivity index (χ2v) is 6.31. The summed E-state index contributed by atoms with van der Waals surface area (Å²) in [6, 6.07) is 1.82. The highest BCUT2D eigenvalue weighted by atomic mass is 16.5. The molecule has 2 fully saturated rings. The predicted octanol–water partition coefficient (Wildman–Crippen LogP) is 0.900. The number of aryl methyl sites for hydroxylation is 1. The van der Waals surface area contributed by atoms with Crippen LogP contribution in [-0.2, 0) is 9.53 Å². The molecule has 0 saturated carbocycles. The Morgan fingerprint density at radius 3 is 2.74 bits per heavy atom. The van der Waals surface area contributed by atoms with E-state index in [9.17, 15) is 4.79 Å². The molecule has 1 aromatic rings. The Bertz CT molecular complexity index is 572. The number of rotatable bonds is 4. The first-order chi connectivity index (χ1) is 11.1. The quantitative estimate of drug-likeness (QED) is 0.886. The van der Waals surface area contributed by atoms with Crippen molar-refractivity contribution in [3.63, 3.8) is 0 Å². The summed E-state index contributed by atoms with van der Waals surface area (Å²) in [7, 11) is 1.61. The zero-order valence-corrected chi connectivity index (χ0v) is 13.7. The lowest BCUT2D eigenvalue weighted by atomic mass is 9.84. The second-order valence-electron chi connectivity index (χ2n) is 6.31. The van der Waals surface area contributed by atoms with E-state index in [2.05, 4.69) is 14.9 Å². The van der Waals surface area contributed by atoms with E-state index in [4.69, 9.17) is 15.2 Å². The van der Waals surface area contributed by atoms with Crippen LogP contribution in [0.2, 0.25) is 0 Å². The molecule has 7 nitrogen and oxygen atoms in total. The molecule has 2 atom stereocenters. The number of nitrogens with zero attached hydrogens (tertiary/aromatic N) is 3. The number of carbonyl (C=O) groups is 1. The van der Waals surface area contributed by atoms with E-state index in [1.54, 1.807) is 7.11 Å². The van der Waals surface area contributed by atoms with Crippen LogP contribution in [0.3, 0.4) is 0 Å². The Morgan fingerprint density at radius 1 is 1.35 bits per heavy atom. The van der Waals surface area contributed by atoms with Crippen molar-refractivity contribution < 1.29 is 14.3 Å². The number of hydrogen-bond donors (Lipinski definition) is 1. The molecule has 126 valence electrons. The highest BCUT2D eigenvalue weighted by Gasteiger charge is 2.39. The molecule has 0 unspecified atom stereocenters. The van der Waals surface area contributed by atoms with Crippen LogP contribution in [0.1, 0.15) is 25.0 Å². The number of amides is 1. The summed E-state index contributed by atoms with van der Waals surface area (Å²) in [6.07, 6.45) is 2.63. The molecule has 2 aliphatic heterocycles. The first-order valence-electron chi connectivity index (χ1n) is 8.14. The molecule has 23 heavy (non-hydrogen) atoms. The maximum atomic E-state index is 11.5. The second kappa shape index (κ2) is 6.70. The zero-order chi connectivity index (χ0) is 16.4. The molecule has 0 aliphatic carbocycles.